The molecule has 2 heteroatoms. The van der Waals surface area contributed by atoms with E-state index < -0.39 is 5.60 Å². The molecule has 98 valence electrons. The maximum Gasteiger partial charge on any atom is 0.128 e. The zero-order valence-electron chi connectivity index (χ0n) is 11.2. The first-order valence-electron chi connectivity index (χ1n) is 7.07. The van der Waals surface area contributed by atoms with Crippen molar-refractivity contribution in [1.29, 1.82) is 0 Å². The standard InChI is InChI=1S/C16H22O2/c1-12(2)16(17,13-8-4-3-5-9-13)15-11-7-6-10-14(15)18-15/h3-5,8-9,12,14,17H,6-7,10-11H2,1-2H3/t14-,15+,16?/m0/s1. The summed E-state index contributed by atoms with van der Waals surface area (Å²) in [5.74, 6) is 0.156. The lowest BCUT2D eigenvalue weighted by molar-refractivity contribution is -0.0864. The van der Waals surface area contributed by atoms with Gasteiger partial charge in [0.05, 0.1) is 6.10 Å². The van der Waals surface area contributed by atoms with Gasteiger partial charge in [0, 0.05) is 0 Å². The first-order valence-corrected chi connectivity index (χ1v) is 7.07. The SMILES string of the molecule is CC(C)C(O)(c1ccccc1)[C@@]12CCCC[C@@H]1O2. The summed E-state index contributed by atoms with van der Waals surface area (Å²) in [5, 5.41) is 11.4. The van der Waals surface area contributed by atoms with Gasteiger partial charge in [-0.05, 0) is 24.3 Å². The summed E-state index contributed by atoms with van der Waals surface area (Å²) in [6.45, 7) is 4.18. The lowest BCUT2D eigenvalue weighted by atomic mass is 9.67. The summed E-state index contributed by atoms with van der Waals surface area (Å²) < 4.78 is 6.00. The van der Waals surface area contributed by atoms with E-state index >= 15 is 0 Å². The Morgan fingerprint density at radius 3 is 2.61 bits per heavy atom. The zero-order valence-corrected chi connectivity index (χ0v) is 11.2. The van der Waals surface area contributed by atoms with E-state index in [0.717, 1.165) is 18.4 Å². The van der Waals surface area contributed by atoms with Gasteiger partial charge in [-0.25, -0.2) is 0 Å². The van der Waals surface area contributed by atoms with Crippen LogP contribution in [0.4, 0.5) is 0 Å². The Kier molecular flexibility index (Phi) is 2.76. The van der Waals surface area contributed by atoms with Crippen LogP contribution in [0.1, 0.15) is 45.1 Å². The molecule has 0 radical (unpaired) electrons. The Balaban J connectivity index is 2.03. The van der Waals surface area contributed by atoms with Gasteiger partial charge in [0.2, 0.25) is 0 Å². The zero-order chi connectivity index (χ0) is 12.8. The molecule has 0 bridgehead atoms. The highest BCUT2D eigenvalue weighted by atomic mass is 16.6. The average Bonchev–Trinajstić information content (AvgIpc) is 3.14. The van der Waals surface area contributed by atoms with E-state index in [0.29, 0.717) is 0 Å². The second-order valence-electron chi connectivity index (χ2n) is 6.03. The maximum absolute atomic E-state index is 11.4. The van der Waals surface area contributed by atoms with Gasteiger partial charge in [0.25, 0.3) is 0 Å². The van der Waals surface area contributed by atoms with Gasteiger partial charge in [-0.1, -0.05) is 57.0 Å². The molecule has 1 aromatic rings. The molecule has 2 aliphatic rings. The Hall–Kier alpha value is -0.860. The molecule has 1 saturated carbocycles. The third kappa shape index (κ3) is 1.49. The predicted molar refractivity (Wildman–Crippen MR) is 71.2 cm³/mol. The first kappa shape index (κ1) is 12.2. The van der Waals surface area contributed by atoms with Crippen molar-refractivity contribution in [1.82, 2.24) is 0 Å². The lowest BCUT2D eigenvalue weighted by Gasteiger charge is -2.40. The number of fused-ring (bicyclic) bond motifs is 1. The molecule has 1 aliphatic heterocycles. The normalized spacial score (nSPS) is 33.9. The van der Waals surface area contributed by atoms with E-state index in [9.17, 15) is 5.11 Å². The molecule has 3 atom stereocenters. The number of epoxide rings is 1. The van der Waals surface area contributed by atoms with E-state index in [1.807, 2.05) is 30.3 Å². The number of benzene rings is 1. The number of hydrogen-bond donors (Lipinski definition) is 1. The molecule has 1 N–H and O–H groups in total. The molecule has 1 aliphatic carbocycles. The van der Waals surface area contributed by atoms with Crippen LogP contribution in [0, 0.1) is 5.92 Å². The van der Waals surface area contributed by atoms with Gasteiger partial charge in [-0.2, -0.15) is 0 Å². The van der Waals surface area contributed by atoms with E-state index in [1.54, 1.807) is 0 Å². The lowest BCUT2D eigenvalue weighted by Crippen LogP contribution is -2.49. The fraction of sp³-hybridized carbons (Fsp3) is 0.625. The summed E-state index contributed by atoms with van der Waals surface area (Å²) in [4.78, 5) is 0. The molecule has 0 aromatic heterocycles. The molecule has 0 spiro atoms. The molecular weight excluding hydrogens is 224 g/mol. The minimum Gasteiger partial charge on any atom is -0.382 e. The minimum absolute atomic E-state index is 0.156. The summed E-state index contributed by atoms with van der Waals surface area (Å²) in [6, 6.07) is 10.1. The van der Waals surface area contributed by atoms with Crippen LogP contribution in [0.3, 0.4) is 0 Å². The van der Waals surface area contributed by atoms with Crippen molar-refractivity contribution >= 4 is 0 Å². The first-order chi connectivity index (χ1) is 8.61. The highest BCUT2D eigenvalue weighted by Gasteiger charge is 2.70. The van der Waals surface area contributed by atoms with Gasteiger partial charge >= 0.3 is 0 Å². The highest BCUT2D eigenvalue weighted by Crippen LogP contribution is 2.60. The molecule has 1 aromatic carbocycles. The molecule has 3 rings (SSSR count). The van der Waals surface area contributed by atoms with Gasteiger partial charge in [0.15, 0.2) is 0 Å². The molecule has 1 unspecified atom stereocenters. The van der Waals surface area contributed by atoms with E-state index in [2.05, 4.69) is 13.8 Å². The van der Waals surface area contributed by atoms with Crippen molar-refractivity contribution in [3.8, 4) is 0 Å². The van der Waals surface area contributed by atoms with Crippen LogP contribution in [-0.4, -0.2) is 16.8 Å². The van der Waals surface area contributed by atoms with Crippen LogP contribution < -0.4 is 0 Å². The summed E-state index contributed by atoms with van der Waals surface area (Å²) in [6.07, 6.45) is 4.75. The van der Waals surface area contributed by atoms with E-state index in [-0.39, 0.29) is 17.6 Å². The Bertz CT molecular complexity index is 428. The van der Waals surface area contributed by atoms with Crippen LogP contribution in [0.15, 0.2) is 30.3 Å². The molecule has 1 heterocycles. The quantitative estimate of drug-likeness (QED) is 0.830. The topological polar surface area (TPSA) is 32.8 Å². The molecular formula is C16H22O2. The summed E-state index contributed by atoms with van der Waals surface area (Å²) in [5.41, 5.74) is -0.162. The van der Waals surface area contributed by atoms with E-state index in [4.69, 9.17) is 4.74 Å². The second kappa shape index (κ2) is 4.07. The Morgan fingerprint density at radius 1 is 1.28 bits per heavy atom. The third-order valence-electron chi connectivity index (χ3n) is 4.77. The second-order valence-corrected chi connectivity index (χ2v) is 6.03. The van der Waals surface area contributed by atoms with Crippen LogP contribution in [-0.2, 0) is 10.3 Å². The van der Waals surface area contributed by atoms with Crippen LogP contribution in [0.5, 0.6) is 0 Å². The largest absolute Gasteiger partial charge is 0.382 e. The minimum atomic E-state index is -0.848. The Labute approximate surface area is 109 Å². The predicted octanol–water partition coefficient (Wildman–Crippen LogP) is 3.24. The van der Waals surface area contributed by atoms with Gasteiger partial charge in [-0.15, -0.1) is 0 Å². The summed E-state index contributed by atoms with van der Waals surface area (Å²) in [7, 11) is 0. The monoisotopic (exact) mass is 246 g/mol. The number of aliphatic hydroxyl groups is 1. The fourth-order valence-corrected chi connectivity index (χ4v) is 3.73. The molecule has 0 amide bonds. The average molecular weight is 246 g/mol. The van der Waals surface area contributed by atoms with Crippen molar-refractivity contribution in [2.75, 3.05) is 0 Å². The van der Waals surface area contributed by atoms with Gasteiger partial charge < -0.3 is 9.84 Å². The van der Waals surface area contributed by atoms with Gasteiger partial charge in [0.1, 0.15) is 11.2 Å². The van der Waals surface area contributed by atoms with Crippen molar-refractivity contribution in [2.45, 2.75) is 56.8 Å². The van der Waals surface area contributed by atoms with Crippen molar-refractivity contribution in [3.05, 3.63) is 35.9 Å². The smallest absolute Gasteiger partial charge is 0.128 e. The maximum atomic E-state index is 11.4. The van der Waals surface area contributed by atoms with Crippen LogP contribution in [0.2, 0.25) is 0 Å². The summed E-state index contributed by atoms with van der Waals surface area (Å²) >= 11 is 0. The number of rotatable bonds is 3. The molecule has 2 nitrogen and oxygen atoms in total. The number of hydrogen-bond acceptors (Lipinski definition) is 2. The highest BCUT2D eigenvalue weighted by molar-refractivity contribution is 5.32. The molecule has 18 heavy (non-hydrogen) atoms. The fourth-order valence-electron chi connectivity index (χ4n) is 3.73. The van der Waals surface area contributed by atoms with Crippen molar-refractivity contribution < 1.29 is 9.84 Å². The van der Waals surface area contributed by atoms with Crippen LogP contribution >= 0.6 is 0 Å². The Morgan fingerprint density at radius 2 is 2.00 bits per heavy atom. The molecule has 2 fully saturated rings. The van der Waals surface area contributed by atoms with E-state index in [1.165, 1.54) is 12.8 Å². The van der Waals surface area contributed by atoms with Crippen LogP contribution in [0.25, 0.3) is 0 Å². The molecule has 1 saturated heterocycles. The third-order valence-corrected chi connectivity index (χ3v) is 4.77. The van der Waals surface area contributed by atoms with Crippen molar-refractivity contribution in [2.24, 2.45) is 5.92 Å². The number of ether oxygens (including phenoxy) is 1. The van der Waals surface area contributed by atoms with Gasteiger partial charge in [-0.3, -0.25) is 0 Å². The van der Waals surface area contributed by atoms with Crippen molar-refractivity contribution in [3.63, 3.8) is 0 Å².